The van der Waals surface area contributed by atoms with E-state index in [9.17, 15) is 43.9 Å². The minimum absolute atomic E-state index is 0.283. The lowest BCUT2D eigenvalue weighted by molar-refractivity contribution is -0.339. The molecule has 0 aromatic rings. The van der Waals surface area contributed by atoms with E-state index in [-0.39, 0.29) is 6.92 Å². The van der Waals surface area contributed by atoms with Crippen molar-refractivity contribution in [1.82, 2.24) is 0 Å². The van der Waals surface area contributed by atoms with Crippen LogP contribution in [0.15, 0.2) is 0 Å². The summed E-state index contributed by atoms with van der Waals surface area (Å²) in [7, 11) is 0. The van der Waals surface area contributed by atoms with E-state index in [4.69, 9.17) is 0 Å². The molecule has 13 heteroatoms. The summed E-state index contributed by atoms with van der Waals surface area (Å²) >= 11 is 0. The molecule has 0 saturated heterocycles. The molecule has 0 heterocycles. The van der Waals surface area contributed by atoms with Crippen LogP contribution in [0.4, 0.5) is 43.9 Å². The minimum atomic E-state index is -4.76. The standard InChI is InChI=1S/C10H12F10O3/c1-8(15,16)2-21-7(22-3-9(17,18)5(11)12)23-4-10(19,20)6(13)14/h5-7H,2-4H2,1H3. The second-order valence-electron chi connectivity index (χ2n) is 4.42. The number of alkyl halides is 10. The van der Waals surface area contributed by atoms with Crippen molar-refractivity contribution in [3.05, 3.63) is 0 Å². The van der Waals surface area contributed by atoms with Gasteiger partial charge in [-0.15, -0.1) is 0 Å². The van der Waals surface area contributed by atoms with E-state index in [2.05, 4.69) is 14.2 Å². The van der Waals surface area contributed by atoms with Crippen molar-refractivity contribution in [2.45, 2.75) is 44.0 Å². The van der Waals surface area contributed by atoms with Crippen LogP contribution in [0.3, 0.4) is 0 Å². The highest BCUT2D eigenvalue weighted by molar-refractivity contribution is 4.69. The molecule has 0 aromatic heterocycles. The SMILES string of the molecule is CC(F)(F)COC(OCC(F)(F)C(F)F)OCC(F)(F)C(F)F. The summed E-state index contributed by atoms with van der Waals surface area (Å²) in [6.45, 7) is -8.27. The van der Waals surface area contributed by atoms with E-state index >= 15 is 0 Å². The molecule has 0 bridgehead atoms. The number of rotatable bonds is 11. The zero-order valence-corrected chi connectivity index (χ0v) is 11.4. The summed E-state index contributed by atoms with van der Waals surface area (Å²) in [6.07, 6.45) is -8.42. The van der Waals surface area contributed by atoms with Gasteiger partial charge in [-0.3, -0.25) is 0 Å². The molecule has 140 valence electrons. The number of ether oxygens (including phenoxy) is 3. The molecule has 0 aliphatic carbocycles. The topological polar surface area (TPSA) is 27.7 Å². The Labute approximate surface area is 123 Å². The van der Waals surface area contributed by atoms with Crippen LogP contribution in [-0.4, -0.2) is 56.9 Å². The number of halogens is 10. The van der Waals surface area contributed by atoms with Gasteiger partial charge in [0.15, 0.2) is 0 Å². The molecule has 0 radical (unpaired) electrons. The molecule has 0 rings (SSSR count). The predicted molar refractivity (Wildman–Crippen MR) is 54.2 cm³/mol. The highest BCUT2D eigenvalue weighted by Gasteiger charge is 2.44. The molecule has 0 amide bonds. The van der Waals surface area contributed by atoms with Gasteiger partial charge in [0.2, 0.25) is 0 Å². The first-order chi connectivity index (χ1) is 10.2. The van der Waals surface area contributed by atoms with Crippen molar-refractivity contribution in [3.63, 3.8) is 0 Å². The first kappa shape index (κ1) is 22.2. The smallest absolute Gasteiger partial charge is 0.324 e. The highest BCUT2D eigenvalue weighted by atomic mass is 19.3. The third kappa shape index (κ3) is 9.15. The van der Waals surface area contributed by atoms with Gasteiger partial charge in [0.25, 0.3) is 12.4 Å². The summed E-state index contributed by atoms with van der Waals surface area (Å²) in [4.78, 5) is 0. The van der Waals surface area contributed by atoms with Crippen molar-refractivity contribution in [2.75, 3.05) is 19.8 Å². The summed E-state index contributed by atoms with van der Waals surface area (Å²) in [5.74, 6) is -13.1. The third-order valence-electron chi connectivity index (χ3n) is 1.94. The molecule has 0 fully saturated rings. The van der Waals surface area contributed by atoms with Crippen LogP contribution in [0.5, 0.6) is 0 Å². The lowest BCUT2D eigenvalue weighted by Gasteiger charge is -2.25. The van der Waals surface area contributed by atoms with E-state index in [0.717, 1.165) is 0 Å². The Balaban J connectivity index is 4.69. The molecule has 0 atom stereocenters. The largest absolute Gasteiger partial charge is 0.330 e. The molecule has 0 N–H and O–H groups in total. The molecule has 0 unspecified atom stereocenters. The normalized spacial score (nSPS) is 14.3. The Bertz CT molecular complexity index is 320. The van der Waals surface area contributed by atoms with Gasteiger partial charge >= 0.3 is 24.7 Å². The first-order valence-electron chi connectivity index (χ1n) is 5.72. The fraction of sp³-hybridized carbons (Fsp3) is 1.00. The molecule has 0 aliphatic heterocycles. The Kier molecular flexibility index (Phi) is 8.03. The van der Waals surface area contributed by atoms with Crippen molar-refractivity contribution in [2.24, 2.45) is 0 Å². The van der Waals surface area contributed by atoms with E-state index in [1.807, 2.05) is 0 Å². The van der Waals surface area contributed by atoms with Gasteiger partial charge in [0, 0.05) is 6.92 Å². The van der Waals surface area contributed by atoms with Crippen LogP contribution in [0.1, 0.15) is 6.92 Å². The van der Waals surface area contributed by atoms with Crippen LogP contribution in [0, 0.1) is 0 Å². The Morgan fingerprint density at radius 3 is 1.22 bits per heavy atom. The summed E-state index contributed by atoms with van der Waals surface area (Å²) in [6, 6.07) is 0. The Hall–Kier alpha value is -0.820. The van der Waals surface area contributed by atoms with E-state index in [1.54, 1.807) is 0 Å². The first-order valence-corrected chi connectivity index (χ1v) is 5.72. The molecule has 0 spiro atoms. The lowest BCUT2D eigenvalue weighted by Crippen LogP contribution is -2.40. The average molecular weight is 370 g/mol. The van der Waals surface area contributed by atoms with E-state index in [1.165, 1.54) is 0 Å². The van der Waals surface area contributed by atoms with Crippen molar-refractivity contribution in [1.29, 1.82) is 0 Å². The van der Waals surface area contributed by atoms with Crippen molar-refractivity contribution in [3.8, 4) is 0 Å². The molecular weight excluding hydrogens is 358 g/mol. The summed E-state index contributed by atoms with van der Waals surface area (Å²) < 4.78 is 135. The van der Waals surface area contributed by atoms with Crippen molar-refractivity contribution >= 4 is 0 Å². The van der Waals surface area contributed by atoms with Gasteiger partial charge in [0.1, 0.15) is 19.8 Å². The molecule has 3 nitrogen and oxygen atoms in total. The van der Waals surface area contributed by atoms with Crippen molar-refractivity contribution < 1.29 is 58.1 Å². The van der Waals surface area contributed by atoms with Gasteiger partial charge in [-0.2, -0.15) is 17.6 Å². The molecule has 23 heavy (non-hydrogen) atoms. The molecule has 0 saturated carbocycles. The Morgan fingerprint density at radius 1 is 0.652 bits per heavy atom. The number of hydrogen-bond acceptors (Lipinski definition) is 3. The van der Waals surface area contributed by atoms with Crippen LogP contribution in [-0.2, 0) is 14.2 Å². The maximum atomic E-state index is 12.6. The lowest BCUT2D eigenvalue weighted by atomic mass is 10.4. The van der Waals surface area contributed by atoms with Gasteiger partial charge in [-0.25, -0.2) is 26.3 Å². The second-order valence-corrected chi connectivity index (χ2v) is 4.42. The van der Waals surface area contributed by atoms with E-state index in [0.29, 0.717) is 0 Å². The fourth-order valence-corrected chi connectivity index (χ4v) is 0.843. The predicted octanol–water partition coefficient (Wildman–Crippen LogP) is 3.78. The maximum absolute atomic E-state index is 12.6. The van der Waals surface area contributed by atoms with E-state index < -0.39 is 56.9 Å². The fourth-order valence-electron chi connectivity index (χ4n) is 0.843. The van der Waals surface area contributed by atoms with Crippen LogP contribution < -0.4 is 0 Å². The third-order valence-corrected chi connectivity index (χ3v) is 1.94. The molecule has 0 aliphatic rings. The minimum Gasteiger partial charge on any atom is -0.324 e. The zero-order chi connectivity index (χ0) is 18.5. The molecular formula is C10H12F10O3. The quantitative estimate of drug-likeness (QED) is 0.409. The monoisotopic (exact) mass is 370 g/mol. The van der Waals surface area contributed by atoms with Crippen LogP contribution in [0.25, 0.3) is 0 Å². The van der Waals surface area contributed by atoms with Gasteiger partial charge in [-0.1, -0.05) is 0 Å². The van der Waals surface area contributed by atoms with Gasteiger partial charge in [0.05, 0.1) is 0 Å². The van der Waals surface area contributed by atoms with Crippen LogP contribution >= 0.6 is 0 Å². The second kappa shape index (κ2) is 8.33. The highest BCUT2D eigenvalue weighted by Crippen LogP contribution is 2.26. The number of hydrogen-bond donors (Lipinski definition) is 0. The average Bonchev–Trinajstić information content (AvgIpc) is 2.36. The molecule has 0 aromatic carbocycles. The summed E-state index contributed by atoms with van der Waals surface area (Å²) in [5, 5.41) is 0. The maximum Gasteiger partial charge on any atom is 0.330 e. The Morgan fingerprint density at radius 2 is 0.957 bits per heavy atom. The zero-order valence-electron chi connectivity index (χ0n) is 11.4. The van der Waals surface area contributed by atoms with Gasteiger partial charge < -0.3 is 14.2 Å². The van der Waals surface area contributed by atoms with Crippen LogP contribution in [0.2, 0.25) is 0 Å². The van der Waals surface area contributed by atoms with Gasteiger partial charge in [-0.05, 0) is 0 Å². The summed E-state index contributed by atoms with van der Waals surface area (Å²) in [5.41, 5.74) is 0.